The summed E-state index contributed by atoms with van der Waals surface area (Å²) in [5, 5.41) is 9.98. The van der Waals surface area contributed by atoms with Crippen LogP contribution in [0.25, 0.3) is 0 Å². The summed E-state index contributed by atoms with van der Waals surface area (Å²) in [5.74, 6) is 0.823. The number of morpholine rings is 1. The van der Waals surface area contributed by atoms with E-state index in [0.717, 1.165) is 32.1 Å². The predicted octanol–water partition coefficient (Wildman–Crippen LogP) is 1.38. The quantitative estimate of drug-likeness (QED) is 0.873. The minimum Gasteiger partial charge on any atom is -0.491 e. The van der Waals surface area contributed by atoms with Crippen LogP contribution < -0.4 is 4.74 Å². The molecule has 1 aromatic carbocycles. The number of nitrogens with zero attached hydrogens (tertiary/aromatic N) is 1. The number of benzene rings is 1. The first-order valence-corrected chi connectivity index (χ1v) is 6.83. The Morgan fingerprint density at radius 3 is 2.68 bits per heavy atom. The van der Waals surface area contributed by atoms with E-state index in [1.807, 2.05) is 18.2 Å². The highest BCUT2D eigenvalue weighted by Crippen LogP contribution is 2.16. The Balaban J connectivity index is 1.75. The summed E-state index contributed by atoms with van der Waals surface area (Å²) in [6.07, 6.45) is -0.459. The van der Waals surface area contributed by atoms with Gasteiger partial charge in [-0.05, 0) is 37.1 Å². The maximum absolute atomic E-state index is 9.98. The van der Waals surface area contributed by atoms with E-state index in [1.54, 1.807) is 0 Å². The second-order valence-corrected chi connectivity index (χ2v) is 5.12. The fraction of sp³-hybridized carbons (Fsp3) is 0.600. The summed E-state index contributed by atoms with van der Waals surface area (Å²) in [7, 11) is 0. The Morgan fingerprint density at radius 1 is 1.26 bits per heavy atom. The molecule has 0 aliphatic carbocycles. The van der Waals surface area contributed by atoms with Gasteiger partial charge in [0.15, 0.2) is 0 Å². The number of β-amino-alcohol motifs (C(OH)–C–C–N with tert-alkyl or cyclic N) is 1. The van der Waals surface area contributed by atoms with Gasteiger partial charge in [0.25, 0.3) is 0 Å². The van der Waals surface area contributed by atoms with Gasteiger partial charge < -0.3 is 14.6 Å². The van der Waals surface area contributed by atoms with Crippen molar-refractivity contribution >= 4 is 0 Å². The average molecular weight is 265 g/mol. The zero-order chi connectivity index (χ0) is 13.7. The normalized spacial score (nSPS) is 18.3. The molecule has 1 aliphatic heterocycles. The Kier molecular flexibility index (Phi) is 5.19. The number of aliphatic hydroxyl groups excluding tert-OH is 1. The number of rotatable bonds is 5. The molecule has 0 amide bonds. The lowest BCUT2D eigenvalue weighted by atomic mass is 10.1. The van der Waals surface area contributed by atoms with Crippen molar-refractivity contribution in [3.05, 3.63) is 29.3 Å². The monoisotopic (exact) mass is 265 g/mol. The van der Waals surface area contributed by atoms with Gasteiger partial charge in [-0.1, -0.05) is 6.07 Å². The van der Waals surface area contributed by atoms with Crippen LogP contribution in [0.4, 0.5) is 0 Å². The topological polar surface area (TPSA) is 41.9 Å². The number of ether oxygens (including phenoxy) is 2. The van der Waals surface area contributed by atoms with Crippen molar-refractivity contribution in [2.24, 2.45) is 0 Å². The molecule has 4 heteroatoms. The summed E-state index contributed by atoms with van der Waals surface area (Å²) >= 11 is 0. The SMILES string of the molecule is Cc1ccc(OC[C@@H](O)CN2CCOCC2)cc1C. The van der Waals surface area contributed by atoms with E-state index in [0.29, 0.717) is 13.2 Å². The van der Waals surface area contributed by atoms with Gasteiger partial charge in [-0.25, -0.2) is 0 Å². The number of hydrogen-bond acceptors (Lipinski definition) is 4. The molecule has 0 spiro atoms. The third-order valence-electron chi connectivity index (χ3n) is 3.49. The van der Waals surface area contributed by atoms with E-state index in [1.165, 1.54) is 11.1 Å². The number of aryl methyl sites for hydroxylation is 2. The molecule has 1 aliphatic rings. The summed E-state index contributed by atoms with van der Waals surface area (Å²) < 4.78 is 10.9. The van der Waals surface area contributed by atoms with Crippen molar-refractivity contribution in [2.75, 3.05) is 39.5 Å². The Bertz CT molecular complexity index is 402. The Labute approximate surface area is 114 Å². The molecule has 1 N–H and O–H groups in total. The first kappa shape index (κ1) is 14.3. The van der Waals surface area contributed by atoms with Gasteiger partial charge in [0.05, 0.1) is 13.2 Å². The summed E-state index contributed by atoms with van der Waals surface area (Å²) in [4.78, 5) is 2.21. The third kappa shape index (κ3) is 4.49. The van der Waals surface area contributed by atoms with Crippen molar-refractivity contribution in [1.29, 1.82) is 0 Å². The highest BCUT2D eigenvalue weighted by molar-refractivity contribution is 5.33. The maximum Gasteiger partial charge on any atom is 0.119 e. The van der Waals surface area contributed by atoms with Crippen LogP contribution in [0.15, 0.2) is 18.2 Å². The van der Waals surface area contributed by atoms with Crippen molar-refractivity contribution < 1.29 is 14.6 Å². The standard InChI is InChI=1S/C15H23NO3/c1-12-3-4-15(9-13(12)2)19-11-14(17)10-16-5-7-18-8-6-16/h3-4,9,14,17H,5-8,10-11H2,1-2H3/t14-/m0/s1. The van der Waals surface area contributed by atoms with E-state index in [2.05, 4.69) is 18.7 Å². The first-order valence-electron chi connectivity index (χ1n) is 6.83. The summed E-state index contributed by atoms with van der Waals surface area (Å²) in [5.41, 5.74) is 2.46. The van der Waals surface area contributed by atoms with Gasteiger partial charge in [-0.2, -0.15) is 0 Å². The van der Waals surface area contributed by atoms with Gasteiger partial charge in [0, 0.05) is 19.6 Å². The molecule has 0 saturated carbocycles. The van der Waals surface area contributed by atoms with Crippen LogP contribution in [-0.2, 0) is 4.74 Å². The second kappa shape index (κ2) is 6.89. The molecule has 4 nitrogen and oxygen atoms in total. The van der Waals surface area contributed by atoms with Crippen LogP contribution in [0.5, 0.6) is 5.75 Å². The summed E-state index contributed by atoms with van der Waals surface area (Å²) in [6, 6.07) is 6.00. The van der Waals surface area contributed by atoms with Crippen LogP contribution in [-0.4, -0.2) is 55.6 Å². The molecule has 106 valence electrons. The predicted molar refractivity (Wildman–Crippen MR) is 74.7 cm³/mol. The molecule has 0 radical (unpaired) electrons. The fourth-order valence-corrected chi connectivity index (χ4v) is 2.13. The molecule has 0 aromatic heterocycles. The van der Waals surface area contributed by atoms with E-state index in [-0.39, 0.29) is 0 Å². The second-order valence-electron chi connectivity index (χ2n) is 5.12. The van der Waals surface area contributed by atoms with Gasteiger partial charge in [-0.15, -0.1) is 0 Å². The Morgan fingerprint density at radius 2 is 2.00 bits per heavy atom. The van der Waals surface area contributed by atoms with Crippen molar-refractivity contribution in [2.45, 2.75) is 20.0 Å². The van der Waals surface area contributed by atoms with Crippen molar-refractivity contribution in [1.82, 2.24) is 4.90 Å². The van der Waals surface area contributed by atoms with Gasteiger partial charge >= 0.3 is 0 Å². The van der Waals surface area contributed by atoms with Gasteiger partial charge in [-0.3, -0.25) is 4.90 Å². The molecule has 1 fully saturated rings. The van der Waals surface area contributed by atoms with Crippen LogP contribution in [0.3, 0.4) is 0 Å². The van der Waals surface area contributed by atoms with Crippen LogP contribution >= 0.6 is 0 Å². The van der Waals surface area contributed by atoms with E-state index < -0.39 is 6.10 Å². The maximum atomic E-state index is 9.98. The molecule has 1 atom stereocenters. The lowest BCUT2D eigenvalue weighted by Crippen LogP contribution is -2.42. The molecular weight excluding hydrogens is 242 g/mol. The minimum absolute atomic E-state index is 0.333. The lowest BCUT2D eigenvalue weighted by molar-refractivity contribution is 0.00465. The van der Waals surface area contributed by atoms with E-state index >= 15 is 0 Å². The molecule has 0 unspecified atom stereocenters. The Hall–Kier alpha value is -1.10. The number of hydrogen-bond donors (Lipinski definition) is 1. The molecule has 0 bridgehead atoms. The van der Waals surface area contributed by atoms with Crippen molar-refractivity contribution in [3.63, 3.8) is 0 Å². The average Bonchev–Trinajstić information content (AvgIpc) is 2.41. The zero-order valence-electron chi connectivity index (χ0n) is 11.8. The van der Waals surface area contributed by atoms with Gasteiger partial charge in [0.2, 0.25) is 0 Å². The molecular formula is C15H23NO3. The number of aliphatic hydroxyl groups is 1. The molecule has 1 aromatic rings. The summed E-state index contributed by atoms with van der Waals surface area (Å²) in [6.45, 7) is 8.41. The van der Waals surface area contributed by atoms with Crippen molar-refractivity contribution in [3.8, 4) is 5.75 Å². The zero-order valence-corrected chi connectivity index (χ0v) is 11.8. The molecule has 2 rings (SSSR count). The fourth-order valence-electron chi connectivity index (χ4n) is 2.13. The van der Waals surface area contributed by atoms with E-state index in [9.17, 15) is 5.11 Å². The molecule has 19 heavy (non-hydrogen) atoms. The smallest absolute Gasteiger partial charge is 0.119 e. The minimum atomic E-state index is -0.459. The van der Waals surface area contributed by atoms with E-state index in [4.69, 9.17) is 9.47 Å². The lowest BCUT2D eigenvalue weighted by Gasteiger charge is -2.28. The largest absolute Gasteiger partial charge is 0.491 e. The highest BCUT2D eigenvalue weighted by Gasteiger charge is 2.15. The van der Waals surface area contributed by atoms with Crippen LogP contribution in [0.1, 0.15) is 11.1 Å². The van der Waals surface area contributed by atoms with Crippen LogP contribution in [0, 0.1) is 13.8 Å². The highest BCUT2D eigenvalue weighted by atomic mass is 16.5. The molecule has 1 heterocycles. The first-order chi connectivity index (χ1) is 9.15. The third-order valence-corrected chi connectivity index (χ3v) is 3.49. The van der Waals surface area contributed by atoms with Crippen LogP contribution in [0.2, 0.25) is 0 Å². The molecule has 1 saturated heterocycles. The van der Waals surface area contributed by atoms with Gasteiger partial charge in [0.1, 0.15) is 18.5 Å².